The van der Waals surface area contributed by atoms with E-state index in [-0.39, 0.29) is 17.2 Å². The van der Waals surface area contributed by atoms with Crippen LogP contribution in [-0.4, -0.2) is 37.0 Å². The van der Waals surface area contributed by atoms with Crippen LogP contribution in [0.2, 0.25) is 0 Å². The van der Waals surface area contributed by atoms with Crippen LogP contribution < -0.4 is 15.1 Å². The number of aryl methyl sites for hydroxylation is 3. The number of piperazine rings is 1. The molecule has 7 heteroatoms. The average Bonchev–Trinajstić information content (AvgIpc) is 2.80. The second kappa shape index (κ2) is 9.32. The number of amides is 1. The highest BCUT2D eigenvalue weighted by Gasteiger charge is 2.26. The minimum atomic E-state index is -0.407. The van der Waals surface area contributed by atoms with Crippen LogP contribution in [-0.2, 0) is 0 Å². The molecule has 0 unspecified atom stereocenters. The van der Waals surface area contributed by atoms with Crippen molar-refractivity contribution in [3.8, 4) is 0 Å². The number of nitro benzene ring substituents is 1. The lowest BCUT2D eigenvalue weighted by atomic mass is 10.1. The molecule has 0 atom stereocenters. The SMILES string of the molecule is Cc1cccc(NC(=O)c2ccc(N3CCN(c4cc(C)ccc4C)CC3)c([N+](=O)[O-])c2)c1. The number of anilines is 3. The van der Waals surface area contributed by atoms with Gasteiger partial charge in [0.05, 0.1) is 4.92 Å². The lowest BCUT2D eigenvalue weighted by molar-refractivity contribution is -0.384. The van der Waals surface area contributed by atoms with Crippen molar-refractivity contribution in [1.82, 2.24) is 0 Å². The summed E-state index contributed by atoms with van der Waals surface area (Å²) >= 11 is 0. The monoisotopic (exact) mass is 444 g/mol. The van der Waals surface area contributed by atoms with Crippen molar-refractivity contribution in [2.24, 2.45) is 0 Å². The molecule has 0 spiro atoms. The van der Waals surface area contributed by atoms with Crippen LogP contribution in [0.3, 0.4) is 0 Å². The number of hydrogen-bond donors (Lipinski definition) is 1. The minimum absolute atomic E-state index is 0.0490. The summed E-state index contributed by atoms with van der Waals surface area (Å²) in [7, 11) is 0. The Bertz CT molecular complexity index is 1200. The quantitative estimate of drug-likeness (QED) is 0.438. The Hall–Kier alpha value is -3.87. The molecule has 1 fully saturated rings. The van der Waals surface area contributed by atoms with Gasteiger partial charge in [-0.05, 0) is 67.8 Å². The third-order valence-electron chi connectivity index (χ3n) is 6.04. The molecule has 170 valence electrons. The average molecular weight is 445 g/mol. The Balaban J connectivity index is 1.51. The van der Waals surface area contributed by atoms with Gasteiger partial charge in [-0.25, -0.2) is 0 Å². The molecule has 0 aliphatic carbocycles. The van der Waals surface area contributed by atoms with E-state index in [0.717, 1.165) is 18.7 Å². The van der Waals surface area contributed by atoms with Gasteiger partial charge in [-0.2, -0.15) is 0 Å². The summed E-state index contributed by atoms with van der Waals surface area (Å²) in [6, 6.07) is 18.6. The number of carbonyl (C=O) groups excluding carboxylic acids is 1. The highest BCUT2D eigenvalue weighted by Crippen LogP contribution is 2.32. The first-order valence-electron chi connectivity index (χ1n) is 11.1. The standard InChI is InChI=1S/C26H28N4O3/c1-18-5-4-6-22(15-18)27-26(31)21-9-10-23(25(17-21)30(32)33)28-11-13-29(14-12-28)24-16-19(2)7-8-20(24)3/h4-10,15-17H,11-14H2,1-3H3,(H,27,31). The normalized spacial score (nSPS) is 13.7. The molecular weight excluding hydrogens is 416 g/mol. The zero-order valence-corrected chi connectivity index (χ0v) is 19.2. The van der Waals surface area contributed by atoms with Gasteiger partial charge in [0.1, 0.15) is 5.69 Å². The summed E-state index contributed by atoms with van der Waals surface area (Å²) < 4.78 is 0. The van der Waals surface area contributed by atoms with Crippen LogP contribution in [0.15, 0.2) is 60.7 Å². The maximum atomic E-state index is 12.7. The van der Waals surface area contributed by atoms with Crippen molar-refractivity contribution in [2.45, 2.75) is 20.8 Å². The van der Waals surface area contributed by atoms with E-state index in [1.165, 1.54) is 22.9 Å². The lowest BCUT2D eigenvalue weighted by Crippen LogP contribution is -2.47. The largest absolute Gasteiger partial charge is 0.368 e. The van der Waals surface area contributed by atoms with Crippen molar-refractivity contribution in [3.05, 3.63) is 93.0 Å². The molecule has 1 saturated heterocycles. The number of benzene rings is 3. The zero-order valence-electron chi connectivity index (χ0n) is 19.2. The number of nitrogens with one attached hydrogen (secondary N) is 1. The number of nitro groups is 1. The van der Waals surface area contributed by atoms with Gasteiger partial charge in [0.2, 0.25) is 0 Å². The molecule has 1 aliphatic rings. The molecule has 1 amide bonds. The van der Waals surface area contributed by atoms with Crippen molar-refractivity contribution in [3.63, 3.8) is 0 Å². The molecule has 4 rings (SSSR count). The first kappa shape index (κ1) is 22.3. The summed E-state index contributed by atoms with van der Waals surface area (Å²) in [4.78, 5) is 28.5. The smallest absolute Gasteiger partial charge is 0.293 e. The Labute approximate surface area is 193 Å². The van der Waals surface area contributed by atoms with Gasteiger partial charge in [-0.3, -0.25) is 14.9 Å². The maximum Gasteiger partial charge on any atom is 0.293 e. The number of hydrogen-bond acceptors (Lipinski definition) is 5. The molecule has 3 aromatic rings. The second-order valence-corrected chi connectivity index (χ2v) is 8.55. The van der Waals surface area contributed by atoms with Gasteiger partial charge < -0.3 is 15.1 Å². The molecule has 1 aliphatic heterocycles. The van der Waals surface area contributed by atoms with E-state index < -0.39 is 4.92 Å². The van der Waals surface area contributed by atoms with E-state index in [4.69, 9.17) is 0 Å². The van der Waals surface area contributed by atoms with Gasteiger partial charge in [-0.1, -0.05) is 24.3 Å². The van der Waals surface area contributed by atoms with Crippen molar-refractivity contribution < 1.29 is 9.72 Å². The van der Waals surface area contributed by atoms with E-state index in [1.54, 1.807) is 18.2 Å². The highest BCUT2D eigenvalue weighted by molar-refractivity contribution is 6.05. The fourth-order valence-corrected chi connectivity index (χ4v) is 4.25. The summed E-state index contributed by atoms with van der Waals surface area (Å²) in [6.45, 7) is 9.02. The predicted octanol–water partition coefficient (Wildman–Crippen LogP) is 5.10. The fourth-order valence-electron chi connectivity index (χ4n) is 4.25. The van der Waals surface area contributed by atoms with E-state index in [1.807, 2.05) is 30.0 Å². The topological polar surface area (TPSA) is 78.7 Å². The molecule has 0 bridgehead atoms. The van der Waals surface area contributed by atoms with E-state index in [2.05, 4.69) is 42.3 Å². The Morgan fingerprint density at radius 1 is 0.848 bits per heavy atom. The molecular formula is C26H28N4O3. The first-order valence-corrected chi connectivity index (χ1v) is 11.1. The van der Waals surface area contributed by atoms with Crippen molar-refractivity contribution in [2.75, 3.05) is 41.3 Å². The molecule has 1 N–H and O–H groups in total. The number of carbonyl (C=O) groups is 1. The first-order chi connectivity index (χ1) is 15.8. The second-order valence-electron chi connectivity index (χ2n) is 8.55. The summed E-state index contributed by atoms with van der Waals surface area (Å²) in [5.74, 6) is -0.366. The maximum absolute atomic E-state index is 12.7. The molecule has 0 saturated carbocycles. The van der Waals surface area contributed by atoms with Gasteiger partial charge >= 0.3 is 0 Å². The van der Waals surface area contributed by atoms with Crippen LogP contribution in [0.5, 0.6) is 0 Å². The third-order valence-corrected chi connectivity index (χ3v) is 6.04. The summed E-state index contributed by atoms with van der Waals surface area (Å²) in [5, 5.41) is 14.7. The minimum Gasteiger partial charge on any atom is -0.368 e. The lowest BCUT2D eigenvalue weighted by Gasteiger charge is -2.37. The van der Waals surface area contributed by atoms with Crippen molar-refractivity contribution >= 4 is 28.7 Å². The van der Waals surface area contributed by atoms with Gasteiger partial charge in [-0.15, -0.1) is 0 Å². The van der Waals surface area contributed by atoms with E-state index in [0.29, 0.717) is 24.5 Å². The van der Waals surface area contributed by atoms with Gasteiger partial charge in [0.25, 0.3) is 11.6 Å². The van der Waals surface area contributed by atoms with Crippen LogP contribution in [0.4, 0.5) is 22.7 Å². The summed E-state index contributed by atoms with van der Waals surface area (Å²) in [6.07, 6.45) is 0. The van der Waals surface area contributed by atoms with Gasteiger partial charge in [0.15, 0.2) is 0 Å². The Morgan fingerprint density at radius 3 is 2.18 bits per heavy atom. The fraction of sp³-hybridized carbons (Fsp3) is 0.269. The van der Waals surface area contributed by atoms with Crippen LogP contribution in [0.25, 0.3) is 0 Å². The van der Waals surface area contributed by atoms with Crippen LogP contribution in [0, 0.1) is 30.9 Å². The molecule has 33 heavy (non-hydrogen) atoms. The third kappa shape index (κ3) is 4.98. The van der Waals surface area contributed by atoms with E-state index in [9.17, 15) is 14.9 Å². The van der Waals surface area contributed by atoms with E-state index >= 15 is 0 Å². The molecule has 0 aromatic heterocycles. The van der Waals surface area contributed by atoms with Gasteiger partial charge in [0, 0.05) is 49.2 Å². The molecule has 7 nitrogen and oxygen atoms in total. The zero-order chi connectivity index (χ0) is 23.5. The molecule has 1 heterocycles. The summed E-state index contributed by atoms with van der Waals surface area (Å²) in [5.41, 5.74) is 6.11. The molecule has 0 radical (unpaired) electrons. The highest BCUT2D eigenvalue weighted by atomic mass is 16.6. The molecule has 3 aromatic carbocycles. The van der Waals surface area contributed by atoms with Crippen LogP contribution >= 0.6 is 0 Å². The number of rotatable bonds is 5. The predicted molar refractivity (Wildman–Crippen MR) is 133 cm³/mol. The Kier molecular flexibility index (Phi) is 6.31. The van der Waals surface area contributed by atoms with Crippen molar-refractivity contribution in [1.29, 1.82) is 0 Å². The Morgan fingerprint density at radius 2 is 1.52 bits per heavy atom. The number of nitrogens with zero attached hydrogens (tertiary/aromatic N) is 3. The van der Waals surface area contributed by atoms with Crippen LogP contribution in [0.1, 0.15) is 27.0 Å².